The highest BCUT2D eigenvalue weighted by Gasteiger charge is 2.19. The van der Waals surface area contributed by atoms with Gasteiger partial charge < -0.3 is 14.8 Å². The van der Waals surface area contributed by atoms with Gasteiger partial charge >= 0.3 is 0 Å². The highest BCUT2D eigenvalue weighted by Crippen LogP contribution is 2.32. The molecule has 1 aliphatic heterocycles. The van der Waals surface area contributed by atoms with E-state index in [0.717, 1.165) is 6.26 Å². The Bertz CT molecular complexity index is 884. The molecule has 0 atom stereocenters. The van der Waals surface area contributed by atoms with Crippen molar-refractivity contribution in [1.29, 1.82) is 0 Å². The minimum absolute atomic E-state index is 0.0242. The first-order valence-corrected chi connectivity index (χ1v) is 10.0. The second kappa shape index (κ2) is 7.65. The van der Waals surface area contributed by atoms with Crippen molar-refractivity contribution in [2.24, 2.45) is 0 Å². The lowest BCUT2D eigenvalue weighted by molar-refractivity contribution is -0.116. The summed E-state index contributed by atoms with van der Waals surface area (Å²) in [5.41, 5.74) is 1.10. The van der Waals surface area contributed by atoms with Crippen molar-refractivity contribution in [2.45, 2.75) is 6.42 Å². The summed E-state index contributed by atoms with van der Waals surface area (Å²) in [5, 5.41) is 2.75. The molecule has 3 rings (SSSR count). The average molecular weight is 376 g/mol. The Morgan fingerprint density at radius 3 is 2.46 bits per heavy atom. The van der Waals surface area contributed by atoms with Gasteiger partial charge in [-0.2, -0.15) is 0 Å². The molecule has 2 aromatic rings. The molecular formula is C18H20N2O5S. The van der Waals surface area contributed by atoms with Gasteiger partial charge in [-0.1, -0.05) is 18.2 Å². The third kappa shape index (κ3) is 4.45. The van der Waals surface area contributed by atoms with Gasteiger partial charge in [0.05, 0.1) is 11.9 Å². The molecule has 1 N–H and O–H groups in total. The standard InChI is InChI=1S/C18H20N2O5S/c1-26(22,23)20(15-5-3-2-4-6-15)10-9-18(21)19-14-7-8-16-17(13-14)25-12-11-24-16/h2-8,13H,9-12H2,1H3,(H,19,21). The first-order chi connectivity index (χ1) is 12.4. The second-order valence-electron chi connectivity index (χ2n) is 5.83. The molecule has 0 saturated carbocycles. The molecule has 1 heterocycles. The third-order valence-electron chi connectivity index (χ3n) is 3.81. The van der Waals surface area contributed by atoms with E-state index in [-0.39, 0.29) is 18.9 Å². The number of sulfonamides is 1. The quantitative estimate of drug-likeness (QED) is 0.836. The highest BCUT2D eigenvalue weighted by atomic mass is 32.2. The number of carbonyl (C=O) groups is 1. The Hall–Kier alpha value is -2.74. The molecule has 0 aromatic heterocycles. The number of fused-ring (bicyclic) bond motifs is 1. The molecule has 0 radical (unpaired) electrons. The molecule has 0 unspecified atom stereocenters. The van der Waals surface area contributed by atoms with Crippen molar-refractivity contribution in [3.8, 4) is 11.5 Å². The van der Waals surface area contributed by atoms with Crippen LogP contribution < -0.4 is 19.1 Å². The van der Waals surface area contributed by atoms with E-state index in [1.54, 1.807) is 48.5 Å². The monoisotopic (exact) mass is 376 g/mol. The summed E-state index contributed by atoms with van der Waals surface area (Å²) in [5.74, 6) is 0.934. The number of nitrogens with one attached hydrogen (secondary N) is 1. The Morgan fingerprint density at radius 1 is 1.08 bits per heavy atom. The molecule has 26 heavy (non-hydrogen) atoms. The molecule has 0 saturated heterocycles. The van der Waals surface area contributed by atoms with Crippen LogP contribution in [0.3, 0.4) is 0 Å². The van der Waals surface area contributed by atoms with E-state index in [9.17, 15) is 13.2 Å². The fourth-order valence-electron chi connectivity index (χ4n) is 2.63. The van der Waals surface area contributed by atoms with E-state index in [1.807, 2.05) is 0 Å². The number of amides is 1. The van der Waals surface area contributed by atoms with Crippen LogP contribution in [0, 0.1) is 0 Å². The van der Waals surface area contributed by atoms with Gasteiger partial charge in [0.2, 0.25) is 15.9 Å². The maximum Gasteiger partial charge on any atom is 0.232 e. The number of hydrogen-bond acceptors (Lipinski definition) is 5. The van der Waals surface area contributed by atoms with Crippen molar-refractivity contribution in [1.82, 2.24) is 0 Å². The zero-order chi connectivity index (χ0) is 18.6. The zero-order valence-corrected chi connectivity index (χ0v) is 15.2. The van der Waals surface area contributed by atoms with E-state index in [4.69, 9.17) is 9.47 Å². The van der Waals surface area contributed by atoms with Gasteiger partial charge in [-0.25, -0.2) is 8.42 Å². The first-order valence-electron chi connectivity index (χ1n) is 8.16. The van der Waals surface area contributed by atoms with Crippen LogP contribution in [-0.2, 0) is 14.8 Å². The average Bonchev–Trinajstić information content (AvgIpc) is 2.61. The van der Waals surface area contributed by atoms with Gasteiger partial charge in [-0.15, -0.1) is 0 Å². The lowest BCUT2D eigenvalue weighted by atomic mass is 10.2. The number of ether oxygens (including phenoxy) is 2. The summed E-state index contributed by atoms with van der Waals surface area (Å²) >= 11 is 0. The molecule has 0 aliphatic carbocycles. The highest BCUT2D eigenvalue weighted by molar-refractivity contribution is 7.92. The van der Waals surface area contributed by atoms with Gasteiger partial charge in [0.1, 0.15) is 13.2 Å². The van der Waals surface area contributed by atoms with Crippen LogP contribution >= 0.6 is 0 Å². The van der Waals surface area contributed by atoms with Crippen molar-refractivity contribution in [3.05, 3.63) is 48.5 Å². The second-order valence-corrected chi connectivity index (χ2v) is 7.73. The van der Waals surface area contributed by atoms with Crippen molar-refractivity contribution >= 4 is 27.3 Å². The predicted octanol–water partition coefficient (Wildman–Crippen LogP) is 2.25. The molecule has 0 fully saturated rings. The van der Waals surface area contributed by atoms with E-state index in [0.29, 0.717) is 36.1 Å². The van der Waals surface area contributed by atoms with Crippen molar-refractivity contribution in [2.75, 3.05) is 35.6 Å². The van der Waals surface area contributed by atoms with Gasteiger partial charge in [0, 0.05) is 24.7 Å². The maximum atomic E-state index is 12.2. The molecular weight excluding hydrogens is 356 g/mol. The van der Waals surface area contributed by atoms with Gasteiger partial charge in [-0.3, -0.25) is 9.10 Å². The van der Waals surface area contributed by atoms with Crippen LogP contribution in [0.4, 0.5) is 11.4 Å². The molecule has 138 valence electrons. The number of hydrogen-bond donors (Lipinski definition) is 1. The zero-order valence-electron chi connectivity index (χ0n) is 14.3. The summed E-state index contributed by atoms with van der Waals surface area (Å²) in [4.78, 5) is 12.2. The number of para-hydroxylation sites is 1. The molecule has 1 aliphatic rings. The Morgan fingerprint density at radius 2 is 1.77 bits per heavy atom. The summed E-state index contributed by atoms with van der Waals surface area (Å²) in [6, 6.07) is 13.8. The molecule has 0 bridgehead atoms. The SMILES string of the molecule is CS(=O)(=O)N(CCC(=O)Nc1ccc2c(c1)OCCO2)c1ccccc1. The predicted molar refractivity (Wildman–Crippen MR) is 99.3 cm³/mol. The van der Waals surface area contributed by atoms with Crippen LogP contribution in [0.15, 0.2) is 48.5 Å². The molecule has 8 heteroatoms. The molecule has 0 spiro atoms. The Kier molecular flexibility index (Phi) is 5.32. The first kappa shape index (κ1) is 18.1. The van der Waals surface area contributed by atoms with E-state index >= 15 is 0 Å². The van der Waals surface area contributed by atoms with Crippen LogP contribution in [0.2, 0.25) is 0 Å². The van der Waals surface area contributed by atoms with Crippen LogP contribution in [0.1, 0.15) is 6.42 Å². The Labute approximate surface area is 152 Å². The van der Waals surface area contributed by atoms with Gasteiger partial charge in [0.15, 0.2) is 11.5 Å². The fourth-order valence-corrected chi connectivity index (χ4v) is 3.56. The van der Waals surface area contributed by atoms with Gasteiger partial charge in [0.25, 0.3) is 0 Å². The normalized spacial score (nSPS) is 13.1. The number of nitrogens with zero attached hydrogens (tertiary/aromatic N) is 1. The van der Waals surface area contributed by atoms with Crippen LogP contribution in [0.25, 0.3) is 0 Å². The maximum absolute atomic E-state index is 12.2. The number of benzene rings is 2. The van der Waals surface area contributed by atoms with E-state index < -0.39 is 10.0 Å². The number of rotatable bonds is 6. The minimum atomic E-state index is -3.48. The molecule has 1 amide bonds. The number of anilines is 2. The summed E-state index contributed by atoms with van der Waals surface area (Å²) < 4.78 is 36.2. The molecule has 7 nitrogen and oxygen atoms in total. The molecule has 2 aromatic carbocycles. The largest absolute Gasteiger partial charge is 0.486 e. The topological polar surface area (TPSA) is 84.9 Å². The van der Waals surface area contributed by atoms with Gasteiger partial charge in [-0.05, 0) is 24.3 Å². The van der Waals surface area contributed by atoms with Crippen molar-refractivity contribution in [3.63, 3.8) is 0 Å². The van der Waals surface area contributed by atoms with E-state index in [2.05, 4.69) is 5.32 Å². The minimum Gasteiger partial charge on any atom is -0.486 e. The summed E-state index contributed by atoms with van der Waals surface area (Å²) in [6.07, 6.45) is 1.15. The van der Waals surface area contributed by atoms with Crippen molar-refractivity contribution < 1.29 is 22.7 Å². The smallest absolute Gasteiger partial charge is 0.232 e. The fraction of sp³-hybridized carbons (Fsp3) is 0.278. The third-order valence-corrected chi connectivity index (χ3v) is 5.01. The Balaban J connectivity index is 1.64. The van der Waals surface area contributed by atoms with Crippen LogP contribution in [0.5, 0.6) is 11.5 Å². The van der Waals surface area contributed by atoms with Crippen LogP contribution in [-0.4, -0.2) is 40.3 Å². The van der Waals surface area contributed by atoms with E-state index in [1.165, 1.54) is 4.31 Å². The summed E-state index contributed by atoms with van der Waals surface area (Å²) in [6.45, 7) is 1.02. The number of carbonyl (C=O) groups excluding carboxylic acids is 1. The lowest BCUT2D eigenvalue weighted by Gasteiger charge is -2.22. The lowest BCUT2D eigenvalue weighted by Crippen LogP contribution is -2.33. The summed E-state index contributed by atoms with van der Waals surface area (Å²) in [7, 11) is -3.48.